The van der Waals surface area contributed by atoms with Crippen molar-refractivity contribution in [3.63, 3.8) is 0 Å². The molecule has 0 aliphatic heterocycles. The van der Waals surface area contributed by atoms with E-state index in [1.54, 1.807) is 0 Å². The van der Waals surface area contributed by atoms with Gasteiger partial charge in [0.1, 0.15) is 6.61 Å². The Labute approximate surface area is 83.0 Å². The first kappa shape index (κ1) is 12.9. The quantitative estimate of drug-likeness (QED) is 0.468. The molecule has 1 N–H and O–H groups in total. The third-order valence-corrected chi connectivity index (χ3v) is 1.63. The van der Waals surface area contributed by atoms with Gasteiger partial charge >= 0.3 is 11.9 Å². The van der Waals surface area contributed by atoms with Crippen LogP contribution in [0, 0.1) is 0 Å². The number of esters is 1. The lowest BCUT2D eigenvalue weighted by atomic mass is 10.2. The van der Waals surface area contributed by atoms with Crippen LogP contribution in [0.15, 0.2) is 0 Å². The number of ether oxygens (including phenoxy) is 2. The summed E-state index contributed by atoms with van der Waals surface area (Å²) in [6, 6.07) is 0. The Bertz CT molecular complexity index is 178. The molecule has 0 atom stereocenters. The molecule has 82 valence electrons. The molecule has 0 saturated heterocycles. The summed E-state index contributed by atoms with van der Waals surface area (Å²) in [5.74, 6) is -1.17. The van der Waals surface area contributed by atoms with Gasteiger partial charge in [0, 0.05) is 13.0 Å². The Kier molecular flexibility index (Phi) is 7.83. The molecule has 0 aromatic heterocycles. The van der Waals surface area contributed by atoms with E-state index in [2.05, 4.69) is 4.74 Å². The molecular formula is C9H16O5. The predicted octanol–water partition coefficient (Wildman–Crippen LogP) is 0.821. The summed E-state index contributed by atoms with van der Waals surface area (Å²) in [6.45, 7) is 0.435. The van der Waals surface area contributed by atoms with Gasteiger partial charge in [-0.2, -0.15) is 0 Å². The lowest BCUT2D eigenvalue weighted by Crippen LogP contribution is -2.10. The molecule has 0 aliphatic rings. The fraction of sp³-hybridized carbons (Fsp3) is 0.778. The average Bonchev–Trinajstić information content (AvgIpc) is 2.15. The molecule has 0 aromatic carbocycles. The highest BCUT2D eigenvalue weighted by atomic mass is 16.6. The highest BCUT2D eigenvalue weighted by Crippen LogP contribution is 1.99. The van der Waals surface area contributed by atoms with E-state index in [9.17, 15) is 9.59 Å². The second kappa shape index (κ2) is 8.50. The van der Waals surface area contributed by atoms with Crippen LogP contribution < -0.4 is 0 Å². The molecule has 5 heteroatoms. The maximum atomic E-state index is 10.6. The third kappa shape index (κ3) is 8.99. The van der Waals surface area contributed by atoms with Gasteiger partial charge in [0.25, 0.3) is 0 Å². The van der Waals surface area contributed by atoms with Gasteiger partial charge in [-0.05, 0) is 12.8 Å². The zero-order valence-electron chi connectivity index (χ0n) is 8.32. The number of carbonyl (C=O) groups excluding carboxylic acids is 1. The van der Waals surface area contributed by atoms with Crippen LogP contribution in [-0.4, -0.2) is 37.4 Å². The van der Waals surface area contributed by atoms with Gasteiger partial charge in [-0.1, -0.05) is 6.42 Å². The van der Waals surface area contributed by atoms with Crippen molar-refractivity contribution in [2.75, 3.05) is 20.3 Å². The van der Waals surface area contributed by atoms with Crippen molar-refractivity contribution in [1.82, 2.24) is 0 Å². The monoisotopic (exact) mass is 204 g/mol. The summed E-state index contributed by atoms with van der Waals surface area (Å²) in [5, 5.41) is 8.33. The maximum absolute atomic E-state index is 10.6. The minimum Gasteiger partial charge on any atom is -0.481 e. The van der Waals surface area contributed by atoms with E-state index in [0.29, 0.717) is 13.0 Å². The number of hydrogen-bond donors (Lipinski definition) is 1. The fourth-order valence-corrected chi connectivity index (χ4v) is 0.872. The molecule has 14 heavy (non-hydrogen) atoms. The second-order valence-electron chi connectivity index (χ2n) is 2.83. The molecule has 0 rings (SSSR count). The van der Waals surface area contributed by atoms with E-state index in [1.165, 1.54) is 7.11 Å². The Hall–Kier alpha value is -1.10. The highest BCUT2D eigenvalue weighted by molar-refractivity contribution is 5.70. The van der Waals surface area contributed by atoms with Gasteiger partial charge in [-0.15, -0.1) is 0 Å². The molecule has 0 fully saturated rings. The zero-order chi connectivity index (χ0) is 10.8. The van der Waals surface area contributed by atoms with Crippen molar-refractivity contribution in [2.24, 2.45) is 0 Å². The van der Waals surface area contributed by atoms with Crippen LogP contribution >= 0.6 is 0 Å². The Morgan fingerprint density at radius 1 is 1.21 bits per heavy atom. The molecule has 0 amide bonds. The van der Waals surface area contributed by atoms with E-state index >= 15 is 0 Å². The average molecular weight is 204 g/mol. The number of carbonyl (C=O) groups is 2. The van der Waals surface area contributed by atoms with Gasteiger partial charge in [-0.25, -0.2) is 4.79 Å². The molecule has 0 unspecified atom stereocenters. The topological polar surface area (TPSA) is 72.8 Å². The van der Waals surface area contributed by atoms with Crippen LogP contribution in [0.4, 0.5) is 0 Å². The summed E-state index contributed by atoms with van der Waals surface area (Å²) < 4.78 is 9.34. The van der Waals surface area contributed by atoms with Crippen LogP contribution in [0.1, 0.15) is 25.7 Å². The molecule has 0 saturated carbocycles. The summed E-state index contributed by atoms with van der Waals surface area (Å²) in [5.41, 5.74) is 0. The normalized spacial score (nSPS) is 9.79. The molecule has 0 heterocycles. The Balaban J connectivity index is 3.06. The lowest BCUT2D eigenvalue weighted by Gasteiger charge is -2.01. The highest BCUT2D eigenvalue weighted by Gasteiger charge is 1.99. The van der Waals surface area contributed by atoms with Crippen LogP contribution in [0.25, 0.3) is 0 Å². The smallest absolute Gasteiger partial charge is 0.331 e. The zero-order valence-corrected chi connectivity index (χ0v) is 8.32. The summed E-state index contributed by atoms with van der Waals surface area (Å²) in [6.07, 6.45) is 2.41. The number of rotatable bonds is 8. The van der Waals surface area contributed by atoms with E-state index in [-0.39, 0.29) is 13.0 Å². The number of hydrogen-bond acceptors (Lipinski definition) is 4. The van der Waals surface area contributed by atoms with Crippen molar-refractivity contribution < 1.29 is 24.2 Å². The van der Waals surface area contributed by atoms with Gasteiger partial charge < -0.3 is 14.6 Å². The molecule has 0 bridgehead atoms. The van der Waals surface area contributed by atoms with Gasteiger partial charge in [0.15, 0.2) is 0 Å². The molecule has 5 nitrogen and oxygen atoms in total. The SMILES string of the molecule is COC(=O)COCCCCCC(=O)O. The number of unbranched alkanes of at least 4 members (excludes halogenated alkanes) is 2. The number of carboxylic acids is 1. The molecule has 0 aromatic rings. The standard InChI is InChI=1S/C9H16O5/c1-13-9(12)7-14-6-4-2-3-5-8(10)11/h2-7H2,1H3,(H,10,11). The first-order chi connectivity index (χ1) is 6.66. The summed E-state index contributed by atoms with van der Waals surface area (Å²) in [7, 11) is 1.30. The van der Waals surface area contributed by atoms with Crippen molar-refractivity contribution in [3.05, 3.63) is 0 Å². The largest absolute Gasteiger partial charge is 0.481 e. The number of aliphatic carboxylic acids is 1. The van der Waals surface area contributed by atoms with Crippen molar-refractivity contribution >= 4 is 11.9 Å². The minimum atomic E-state index is -0.777. The summed E-state index contributed by atoms with van der Waals surface area (Å²) in [4.78, 5) is 20.7. The first-order valence-electron chi connectivity index (χ1n) is 4.53. The summed E-state index contributed by atoms with van der Waals surface area (Å²) >= 11 is 0. The van der Waals surface area contributed by atoms with Crippen LogP contribution in [-0.2, 0) is 19.1 Å². The van der Waals surface area contributed by atoms with E-state index in [0.717, 1.165) is 12.8 Å². The fourth-order valence-electron chi connectivity index (χ4n) is 0.872. The van der Waals surface area contributed by atoms with E-state index in [4.69, 9.17) is 9.84 Å². The first-order valence-corrected chi connectivity index (χ1v) is 4.53. The maximum Gasteiger partial charge on any atom is 0.331 e. The Morgan fingerprint density at radius 3 is 2.50 bits per heavy atom. The lowest BCUT2D eigenvalue weighted by molar-refractivity contribution is -0.145. The van der Waals surface area contributed by atoms with Gasteiger partial charge in [0.05, 0.1) is 7.11 Å². The molecule has 0 radical (unpaired) electrons. The van der Waals surface area contributed by atoms with Crippen LogP contribution in [0.3, 0.4) is 0 Å². The van der Waals surface area contributed by atoms with E-state index < -0.39 is 11.9 Å². The van der Waals surface area contributed by atoms with Gasteiger partial charge in [0.2, 0.25) is 0 Å². The van der Waals surface area contributed by atoms with Gasteiger partial charge in [-0.3, -0.25) is 4.79 Å². The van der Waals surface area contributed by atoms with Crippen molar-refractivity contribution in [3.8, 4) is 0 Å². The van der Waals surface area contributed by atoms with Crippen molar-refractivity contribution in [1.29, 1.82) is 0 Å². The number of carboxylic acid groups (broad SMARTS) is 1. The van der Waals surface area contributed by atoms with Crippen LogP contribution in [0.5, 0.6) is 0 Å². The minimum absolute atomic E-state index is 0.0323. The second-order valence-corrected chi connectivity index (χ2v) is 2.83. The molecular weight excluding hydrogens is 188 g/mol. The van der Waals surface area contributed by atoms with Crippen LogP contribution in [0.2, 0.25) is 0 Å². The number of methoxy groups -OCH3 is 1. The predicted molar refractivity (Wildman–Crippen MR) is 48.9 cm³/mol. The molecule has 0 aliphatic carbocycles. The van der Waals surface area contributed by atoms with Crippen molar-refractivity contribution in [2.45, 2.75) is 25.7 Å². The van der Waals surface area contributed by atoms with E-state index in [1.807, 2.05) is 0 Å². The third-order valence-electron chi connectivity index (χ3n) is 1.63. The Morgan fingerprint density at radius 2 is 1.93 bits per heavy atom. The molecule has 0 spiro atoms.